The Morgan fingerprint density at radius 3 is 1.87 bits per heavy atom. The summed E-state index contributed by atoms with van der Waals surface area (Å²) in [5, 5.41) is 8.76. The van der Waals surface area contributed by atoms with E-state index < -0.39 is 5.97 Å². The van der Waals surface area contributed by atoms with Gasteiger partial charge >= 0.3 is 11.9 Å². The first-order valence-corrected chi connectivity index (χ1v) is 15.3. The van der Waals surface area contributed by atoms with Crippen molar-refractivity contribution in [1.82, 2.24) is 0 Å². The number of carboxylic acid groups (broad SMARTS) is 1. The van der Waals surface area contributed by atoms with Gasteiger partial charge in [-0.25, -0.2) is 0 Å². The van der Waals surface area contributed by atoms with E-state index >= 15 is 0 Å². The number of esters is 1. The van der Waals surface area contributed by atoms with E-state index in [-0.39, 0.29) is 18.5 Å². The average molecular weight is 529 g/mol. The molecule has 1 atom stereocenters. The van der Waals surface area contributed by atoms with E-state index in [1.54, 1.807) is 0 Å². The van der Waals surface area contributed by atoms with Crippen LogP contribution in [0.4, 0.5) is 0 Å². The molecular weight excluding hydrogens is 472 g/mol. The number of allylic oxidation sites excluding steroid dienone is 9. The number of rotatable bonds is 26. The van der Waals surface area contributed by atoms with Crippen molar-refractivity contribution in [1.29, 1.82) is 0 Å². The molecule has 38 heavy (non-hydrogen) atoms. The number of ether oxygens (including phenoxy) is 1. The van der Waals surface area contributed by atoms with E-state index in [0.29, 0.717) is 12.8 Å². The van der Waals surface area contributed by atoms with Crippen molar-refractivity contribution < 1.29 is 19.4 Å². The highest BCUT2D eigenvalue weighted by atomic mass is 16.5. The molecule has 0 spiro atoms. The van der Waals surface area contributed by atoms with E-state index in [1.165, 1.54) is 12.8 Å². The summed E-state index contributed by atoms with van der Waals surface area (Å²) in [5.74, 6) is -0.837. The third-order valence-electron chi connectivity index (χ3n) is 6.19. The molecule has 0 radical (unpaired) electrons. The van der Waals surface area contributed by atoms with Gasteiger partial charge in [0.15, 0.2) is 0 Å². The third-order valence-corrected chi connectivity index (χ3v) is 6.19. The zero-order valence-corrected chi connectivity index (χ0v) is 24.5. The number of carboxylic acids is 1. The fourth-order valence-electron chi connectivity index (χ4n) is 3.98. The molecule has 1 unspecified atom stereocenters. The first-order chi connectivity index (χ1) is 18.6. The van der Waals surface area contributed by atoms with E-state index in [0.717, 1.165) is 89.9 Å². The first kappa shape index (κ1) is 35.6. The number of hydrogen-bond donors (Lipinski definition) is 1. The average Bonchev–Trinajstić information content (AvgIpc) is 2.89. The molecule has 0 aliphatic rings. The molecule has 4 heteroatoms. The maximum absolute atomic E-state index is 12.4. The van der Waals surface area contributed by atoms with Crippen LogP contribution >= 0.6 is 0 Å². The van der Waals surface area contributed by atoms with Gasteiger partial charge in [0, 0.05) is 12.8 Å². The number of carbonyl (C=O) groups excluding carboxylic acids is 1. The lowest BCUT2D eigenvalue weighted by molar-refractivity contribution is -0.147. The van der Waals surface area contributed by atoms with E-state index in [1.807, 2.05) is 6.08 Å². The van der Waals surface area contributed by atoms with Gasteiger partial charge in [0.25, 0.3) is 0 Å². The van der Waals surface area contributed by atoms with Crippen molar-refractivity contribution in [3.05, 3.63) is 60.8 Å². The predicted molar refractivity (Wildman–Crippen MR) is 162 cm³/mol. The van der Waals surface area contributed by atoms with Gasteiger partial charge in [0.05, 0.1) is 0 Å². The smallest absolute Gasteiger partial charge is 0.306 e. The Bertz CT molecular complexity index is 699. The second kappa shape index (κ2) is 29.2. The lowest BCUT2D eigenvalue weighted by atomic mass is 10.1. The van der Waals surface area contributed by atoms with Crippen LogP contribution in [0.5, 0.6) is 0 Å². The highest BCUT2D eigenvalue weighted by molar-refractivity contribution is 5.69. The van der Waals surface area contributed by atoms with Crippen LogP contribution in [0.25, 0.3) is 0 Å². The topological polar surface area (TPSA) is 63.6 Å². The zero-order chi connectivity index (χ0) is 27.9. The quantitative estimate of drug-likeness (QED) is 0.0689. The SMILES string of the molecule is CC/C=C\C/C=C\C/C=C\CCCCCCCC(=O)OC(/C=C\C/C=C\CCC)CCCCCCC(=O)O. The van der Waals surface area contributed by atoms with Crippen molar-refractivity contribution in [3.8, 4) is 0 Å². The Balaban J connectivity index is 4.06. The Kier molecular flexibility index (Phi) is 27.4. The van der Waals surface area contributed by atoms with Gasteiger partial charge in [0.2, 0.25) is 0 Å². The minimum absolute atomic E-state index is 0.103. The van der Waals surface area contributed by atoms with Crippen molar-refractivity contribution >= 4 is 11.9 Å². The summed E-state index contributed by atoms with van der Waals surface area (Å²) in [6.07, 6.45) is 39.6. The van der Waals surface area contributed by atoms with Gasteiger partial charge in [0.1, 0.15) is 6.10 Å². The molecule has 0 aromatic heterocycles. The summed E-state index contributed by atoms with van der Waals surface area (Å²) < 4.78 is 5.78. The maximum atomic E-state index is 12.4. The molecule has 0 amide bonds. The minimum Gasteiger partial charge on any atom is -0.481 e. The van der Waals surface area contributed by atoms with E-state index in [9.17, 15) is 9.59 Å². The molecule has 0 aromatic rings. The molecule has 0 fully saturated rings. The van der Waals surface area contributed by atoms with Crippen LogP contribution < -0.4 is 0 Å². The van der Waals surface area contributed by atoms with Crippen LogP contribution in [0.1, 0.15) is 136 Å². The van der Waals surface area contributed by atoms with Crippen molar-refractivity contribution in [3.63, 3.8) is 0 Å². The lowest BCUT2D eigenvalue weighted by Gasteiger charge is -2.14. The van der Waals surface area contributed by atoms with Crippen LogP contribution in [0.3, 0.4) is 0 Å². The summed E-state index contributed by atoms with van der Waals surface area (Å²) in [7, 11) is 0. The second-order valence-corrected chi connectivity index (χ2v) is 9.90. The number of carbonyl (C=O) groups is 2. The predicted octanol–water partition coefficient (Wildman–Crippen LogP) is 10.2. The summed E-state index contributed by atoms with van der Waals surface area (Å²) in [4.78, 5) is 23.1. The van der Waals surface area contributed by atoms with Gasteiger partial charge in [-0.15, -0.1) is 0 Å². The molecule has 0 saturated carbocycles. The van der Waals surface area contributed by atoms with Crippen LogP contribution in [0.2, 0.25) is 0 Å². The summed E-state index contributed by atoms with van der Waals surface area (Å²) in [5.41, 5.74) is 0. The standard InChI is InChI=1S/C34H56O4/c1-3-5-7-9-11-12-13-14-15-16-17-18-19-21-27-31-34(37)38-32(28-24-20-10-8-6-4-2)29-25-22-23-26-30-33(35)36/h5,7-8,10-12,14-15,24,28,32H,3-4,6,9,13,16-23,25-27,29-31H2,1-2H3,(H,35,36)/b7-5-,10-8-,12-11-,15-14-,28-24-. The van der Waals surface area contributed by atoms with Gasteiger partial charge in [-0.2, -0.15) is 0 Å². The van der Waals surface area contributed by atoms with Crippen LogP contribution in [0.15, 0.2) is 60.8 Å². The highest BCUT2D eigenvalue weighted by Gasteiger charge is 2.11. The Labute approximate surface area is 234 Å². The molecule has 216 valence electrons. The maximum Gasteiger partial charge on any atom is 0.306 e. The Morgan fingerprint density at radius 1 is 0.632 bits per heavy atom. The normalized spacial score (nSPS) is 13.1. The van der Waals surface area contributed by atoms with Gasteiger partial charge in [-0.3, -0.25) is 9.59 Å². The van der Waals surface area contributed by atoms with Crippen molar-refractivity contribution in [2.45, 2.75) is 142 Å². The second-order valence-electron chi connectivity index (χ2n) is 9.90. The molecule has 0 saturated heterocycles. The first-order valence-electron chi connectivity index (χ1n) is 15.3. The molecular formula is C34H56O4. The van der Waals surface area contributed by atoms with Crippen LogP contribution in [-0.2, 0) is 14.3 Å². The fourth-order valence-corrected chi connectivity index (χ4v) is 3.98. The lowest BCUT2D eigenvalue weighted by Crippen LogP contribution is -2.16. The van der Waals surface area contributed by atoms with Crippen LogP contribution in [-0.4, -0.2) is 23.1 Å². The molecule has 0 aliphatic carbocycles. The fraction of sp³-hybridized carbons (Fsp3) is 0.647. The molecule has 4 nitrogen and oxygen atoms in total. The highest BCUT2D eigenvalue weighted by Crippen LogP contribution is 2.14. The molecule has 0 aliphatic heterocycles. The Hall–Kier alpha value is -2.36. The minimum atomic E-state index is -0.734. The van der Waals surface area contributed by atoms with Crippen LogP contribution in [0, 0.1) is 0 Å². The number of unbranched alkanes of at least 4 members (excludes halogenated alkanes) is 9. The third kappa shape index (κ3) is 28.2. The number of aliphatic carboxylic acids is 1. The number of hydrogen-bond acceptors (Lipinski definition) is 3. The zero-order valence-electron chi connectivity index (χ0n) is 24.5. The molecule has 0 bridgehead atoms. The van der Waals surface area contributed by atoms with Gasteiger partial charge < -0.3 is 9.84 Å². The molecule has 0 aromatic carbocycles. The van der Waals surface area contributed by atoms with E-state index in [4.69, 9.17) is 9.84 Å². The van der Waals surface area contributed by atoms with E-state index in [2.05, 4.69) is 68.5 Å². The summed E-state index contributed by atoms with van der Waals surface area (Å²) >= 11 is 0. The van der Waals surface area contributed by atoms with Crippen molar-refractivity contribution in [2.24, 2.45) is 0 Å². The largest absolute Gasteiger partial charge is 0.481 e. The summed E-state index contributed by atoms with van der Waals surface area (Å²) in [6, 6.07) is 0. The molecule has 0 heterocycles. The van der Waals surface area contributed by atoms with Crippen molar-refractivity contribution in [2.75, 3.05) is 0 Å². The summed E-state index contributed by atoms with van der Waals surface area (Å²) in [6.45, 7) is 4.32. The van der Waals surface area contributed by atoms with Gasteiger partial charge in [-0.05, 0) is 76.7 Å². The Morgan fingerprint density at radius 2 is 1.18 bits per heavy atom. The molecule has 0 rings (SSSR count). The monoisotopic (exact) mass is 528 g/mol. The van der Waals surface area contributed by atoms with Gasteiger partial charge in [-0.1, -0.05) is 107 Å². The molecule has 1 N–H and O–H groups in total.